The Balaban J connectivity index is 1.69. The molecule has 1 N–H and O–H groups in total. The molecule has 3 rings (SSSR count). The summed E-state index contributed by atoms with van der Waals surface area (Å²) in [4.78, 5) is 5.69. The summed E-state index contributed by atoms with van der Waals surface area (Å²) in [5.74, 6) is 0.598. The third kappa shape index (κ3) is 4.60. The average Bonchev–Trinajstić information content (AvgIpc) is 3.09. The number of benzene rings is 2. The van der Waals surface area contributed by atoms with Crippen LogP contribution >= 0.6 is 11.3 Å². The van der Waals surface area contributed by atoms with Crippen LogP contribution in [0.4, 0.5) is 0 Å². The summed E-state index contributed by atoms with van der Waals surface area (Å²) in [6.45, 7) is 0.675. The van der Waals surface area contributed by atoms with E-state index >= 15 is 0 Å². The molecule has 124 valence electrons. The Bertz CT molecular complexity index is 787. The second-order valence-corrected chi connectivity index (χ2v) is 8.16. The van der Waals surface area contributed by atoms with Crippen molar-refractivity contribution < 1.29 is 4.21 Å². The van der Waals surface area contributed by atoms with Gasteiger partial charge in [0.25, 0.3) is 0 Å². The summed E-state index contributed by atoms with van der Waals surface area (Å²) in [5, 5.41) is 4.54. The first-order valence-electron chi connectivity index (χ1n) is 7.81. The molecular weight excluding hydrogens is 336 g/mol. The zero-order chi connectivity index (χ0) is 16.8. The molecular formula is C19H20N2OS2. The minimum Gasteiger partial charge on any atom is -0.303 e. The van der Waals surface area contributed by atoms with Gasteiger partial charge in [-0.3, -0.25) is 4.21 Å². The van der Waals surface area contributed by atoms with Crippen LogP contribution in [0.2, 0.25) is 0 Å². The van der Waals surface area contributed by atoms with E-state index in [1.165, 1.54) is 10.4 Å². The van der Waals surface area contributed by atoms with E-state index in [9.17, 15) is 4.21 Å². The molecule has 24 heavy (non-hydrogen) atoms. The Morgan fingerprint density at radius 2 is 1.75 bits per heavy atom. The second kappa shape index (κ2) is 8.33. The fourth-order valence-electron chi connectivity index (χ4n) is 2.53. The van der Waals surface area contributed by atoms with Crippen molar-refractivity contribution >= 4 is 22.1 Å². The number of nitrogens with zero attached hydrogens (tertiary/aromatic N) is 1. The van der Waals surface area contributed by atoms with Crippen molar-refractivity contribution in [2.45, 2.75) is 12.6 Å². The summed E-state index contributed by atoms with van der Waals surface area (Å²) in [6, 6.07) is 20.5. The molecule has 3 aromatic rings. The molecule has 0 amide bonds. The van der Waals surface area contributed by atoms with Gasteiger partial charge in [-0.15, -0.1) is 11.3 Å². The smallest absolute Gasteiger partial charge is 0.107 e. The fraction of sp³-hybridized carbons (Fsp3) is 0.211. The lowest BCUT2D eigenvalue weighted by molar-refractivity contribution is 0.573. The van der Waals surface area contributed by atoms with Gasteiger partial charge in [0, 0.05) is 41.6 Å². The van der Waals surface area contributed by atoms with Crippen molar-refractivity contribution in [2.24, 2.45) is 0 Å². The first-order valence-corrected chi connectivity index (χ1v) is 10.4. The van der Waals surface area contributed by atoms with Gasteiger partial charge in [-0.05, 0) is 11.1 Å². The third-order valence-corrected chi connectivity index (χ3v) is 5.56. The highest BCUT2D eigenvalue weighted by molar-refractivity contribution is 7.84. The summed E-state index contributed by atoms with van der Waals surface area (Å²) in [7, 11) is -0.858. The van der Waals surface area contributed by atoms with E-state index < -0.39 is 10.8 Å². The number of hydrogen-bond donors (Lipinski definition) is 1. The van der Waals surface area contributed by atoms with E-state index in [1.54, 1.807) is 17.6 Å². The highest BCUT2D eigenvalue weighted by Crippen LogP contribution is 2.26. The van der Waals surface area contributed by atoms with Gasteiger partial charge in [-0.2, -0.15) is 0 Å². The molecule has 0 saturated heterocycles. The van der Waals surface area contributed by atoms with Gasteiger partial charge < -0.3 is 5.32 Å². The van der Waals surface area contributed by atoms with E-state index in [0.29, 0.717) is 12.3 Å². The maximum absolute atomic E-state index is 11.7. The normalized spacial score (nSPS) is 13.5. The molecule has 2 aromatic carbocycles. The van der Waals surface area contributed by atoms with Crippen molar-refractivity contribution in [3.05, 3.63) is 77.4 Å². The number of thiazole rings is 1. The molecule has 1 heterocycles. The monoisotopic (exact) mass is 356 g/mol. The Kier molecular flexibility index (Phi) is 5.91. The van der Waals surface area contributed by atoms with E-state index in [2.05, 4.69) is 34.6 Å². The standard InChI is InChI=1S/C19H20N2OS2/c1-24(22)14-17(15-8-4-2-5-9-15)20-13-19-21-12-18(23-19)16-10-6-3-7-11-16/h2-12,17,20H,13-14H2,1H3. The lowest BCUT2D eigenvalue weighted by atomic mass is 10.1. The van der Waals surface area contributed by atoms with Crippen LogP contribution in [0.3, 0.4) is 0 Å². The molecule has 0 saturated carbocycles. The van der Waals surface area contributed by atoms with E-state index in [4.69, 9.17) is 0 Å². The second-order valence-electron chi connectivity index (χ2n) is 5.57. The number of nitrogens with one attached hydrogen (secondary N) is 1. The van der Waals surface area contributed by atoms with Crippen molar-refractivity contribution in [1.29, 1.82) is 0 Å². The molecule has 2 atom stereocenters. The van der Waals surface area contributed by atoms with Gasteiger partial charge in [-0.1, -0.05) is 60.7 Å². The van der Waals surface area contributed by atoms with Crippen molar-refractivity contribution in [1.82, 2.24) is 10.3 Å². The van der Waals surface area contributed by atoms with Crippen LogP contribution < -0.4 is 5.32 Å². The molecule has 0 aliphatic rings. The first-order chi connectivity index (χ1) is 11.7. The lowest BCUT2D eigenvalue weighted by Gasteiger charge is -2.17. The van der Waals surface area contributed by atoms with Gasteiger partial charge in [0.05, 0.1) is 4.88 Å². The number of hydrogen-bond acceptors (Lipinski definition) is 4. The Morgan fingerprint density at radius 1 is 1.08 bits per heavy atom. The molecule has 0 aliphatic heterocycles. The third-order valence-electron chi connectivity index (χ3n) is 3.71. The Morgan fingerprint density at radius 3 is 2.42 bits per heavy atom. The SMILES string of the molecule is CS(=O)CC(NCc1ncc(-c2ccccc2)s1)c1ccccc1. The van der Waals surface area contributed by atoms with Crippen molar-refractivity contribution in [2.75, 3.05) is 12.0 Å². The summed E-state index contributed by atoms with van der Waals surface area (Å²) in [5.41, 5.74) is 2.35. The van der Waals surface area contributed by atoms with Gasteiger partial charge in [0.1, 0.15) is 5.01 Å². The Labute approximate surface area is 149 Å². The molecule has 0 radical (unpaired) electrons. The zero-order valence-corrected chi connectivity index (χ0v) is 15.1. The molecule has 0 fully saturated rings. The molecule has 5 heteroatoms. The summed E-state index contributed by atoms with van der Waals surface area (Å²) in [6.07, 6.45) is 3.67. The average molecular weight is 357 g/mol. The van der Waals surface area contributed by atoms with Gasteiger partial charge in [0.2, 0.25) is 0 Å². The van der Waals surface area contributed by atoms with Gasteiger partial charge >= 0.3 is 0 Å². The van der Waals surface area contributed by atoms with Crippen LogP contribution in [0.25, 0.3) is 10.4 Å². The van der Waals surface area contributed by atoms with E-state index in [0.717, 1.165) is 10.6 Å². The van der Waals surface area contributed by atoms with Crippen LogP contribution in [-0.2, 0) is 17.3 Å². The maximum Gasteiger partial charge on any atom is 0.107 e. The fourth-order valence-corrected chi connectivity index (χ4v) is 4.19. The molecule has 0 spiro atoms. The van der Waals surface area contributed by atoms with Crippen molar-refractivity contribution in [3.8, 4) is 10.4 Å². The first kappa shape index (κ1) is 17.0. The maximum atomic E-state index is 11.7. The van der Waals surface area contributed by atoms with E-state index in [-0.39, 0.29) is 6.04 Å². The lowest BCUT2D eigenvalue weighted by Crippen LogP contribution is -2.25. The van der Waals surface area contributed by atoms with Crippen LogP contribution in [-0.4, -0.2) is 21.2 Å². The van der Waals surface area contributed by atoms with E-state index in [1.807, 2.05) is 42.6 Å². The van der Waals surface area contributed by atoms with Crippen LogP contribution in [0.1, 0.15) is 16.6 Å². The summed E-state index contributed by atoms with van der Waals surface area (Å²) >= 11 is 1.69. The van der Waals surface area contributed by atoms with Crippen LogP contribution in [0, 0.1) is 0 Å². The molecule has 1 aromatic heterocycles. The van der Waals surface area contributed by atoms with Crippen molar-refractivity contribution in [3.63, 3.8) is 0 Å². The predicted molar refractivity (Wildman–Crippen MR) is 103 cm³/mol. The topological polar surface area (TPSA) is 42.0 Å². The molecule has 2 unspecified atom stereocenters. The van der Waals surface area contributed by atoms with Gasteiger partial charge in [-0.25, -0.2) is 4.98 Å². The summed E-state index contributed by atoms with van der Waals surface area (Å²) < 4.78 is 11.7. The number of rotatable bonds is 7. The highest BCUT2D eigenvalue weighted by atomic mass is 32.2. The highest BCUT2D eigenvalue weighted by Gasteiger charge is 2.13. The number of aromatic nitrogens is 1. The van der Waals surface area contributed by atoms with Crippen LogP contribution in [0.15, 0.2) is 66.9 Å². The molecule has 3 nitrogen and oxygen atoms in total. The molecule has 0 aliphatic carbocycles. The van der Waals surface area contributed by atoms with Crippen LogP contribution in [0.5, 0.6) is 0 Å². The zero-order valence-electron chi connectivity index (χ0n) is 13.5. The largest absolute Gasteiger partial charge is 0.303 e. The Hall–Kier alpha value is -1.82. The minimum absolute atomic E-state index is 0.0705. The minimum atomic E-state index is -0.858. The molecule has 0 bridgehead atoms. The predicted octanol–water partition coefficient (Wildman–Crippen LogP) is 4.02. The van der Waals surface area contributed by atoms with Gasteiger partial charge in [0.15, 0.2) is 0 Å². The quantitative estimate of drug-likeness (QED) is 0.695.